The van der Waals surface area contributed by atoms with Gasteiger partial charge in [-0.1, -0.05) is 68.8 Å². The number of aryl methyl sites for hydroxylation is 1. The second-order valence-corrected chi connectivity index (χ2v) is 7.81. The summed E-state index contributed by atoms with van der Waals surface area (Å²) in [6.07, 6.45) is 0.534. The Balaban J connectivity index is 2.24. The molecule has 2 aromatic carbocycles. The van der Waals surface area contributed by atoms with Crippen LogP contribution in [0.4, 0.5) is 0 Å². The Bertz CT molecular complexity index is 848. The van der Waals surface area contributed by atoms with Gasteiger partial charge in [0.2, 0.25) is 5.91 Å². The Morgan fingerprint density at radius 3 is 2.43 bits per heavy atom. The van der Waals surface area contributed by atoms with Gasteiger partial charge < -0.3 is 15.0 Å². The second kappa shape index (κ2) is 11.4. The maximum atomic E-state index is 13.2. The first-order valence-electron chi connectivity index (χ1n) is 10.7. The number of carbonyl (C=O) groups excluding carboxylic acids is 2. The molecule has 1 atom stereocenters. The number of hydrogen-bond acceptors (Lipinski definition) is 3. The van der Waals surface area contributed by atoms with Crippen molar-refractivity contribution in [3.05, 3.63) is 65.2 Å². The summed E-state index contributed by atoms with van der Waals surface area (Å²) in [6, 6.07) is 15.2. The molecule has 0 radical (unpaired) electrons. The fraction of sp³-hybridized carbons (Fsp3) is 0.440. The molecule has 0 aliphatic carbocycles. The molecule has 0 saturated heterocycles. The van der Waals surface area contributed by atoms with Gasteiger partial charge in [-0.05, 0) is 43.4 Å². The van der Waals surface area contributed by atoms with E-state index in [9.17, 15) is 9.59 Å². The van der Waals surface area contributed by atoms with Crippen molar-refractivity contribution in [2.75, 3.05) is 13.2 Å². The third kappa shape index (κ3) is 6.34. The summed E-state index contributed by atoms with van der Waals surface area (Å²) >= 11 is 0. The van der Waals surface area contributed by atoms with Crippen LogP contribution in [0.1, 0.15) is 56.7 Å². The molecular weight excluding hydrogens is 376 g/mol. The largest absolute Gasteiger partial charge is 0.483 e. The van der Waals surface area contributed by atoms with E-state index in [1.165, 1.54) is 0 Å². The lowest BCUT2D eigenvalue weighted by Crippen LogP contribution is -2.50. The van der Waals surface area contributed by atoms with E-state index in [0.29, 0.717) is 31.2 Å². The van der Waals surface area contributed by atoms with Crippen molar-refractivity contribution in [3.63, 3.8) is 0 Å². The summed E-state index contributed by atoms with van der Waals surface area (Å²) in [5.74, 6) is 0.664. The molecule has 0 heterocycles. The molecule has 0 spiro atoms. The van der Waals surface area contributed by atoms with Gasteiger partial charge in [-0.15, -0.1) is 0 Å². The molecule has 0 fully saturated rings. The average molecular weight is 411 g/mol. The summed E-state index contributed by atoms with van der Waals surface area (Å²) in [4.78, 5) is 27.5. The number of carbonyl (C=O) groups is 2. The first-order valence-corrected chi connectivity index (χ1v) is 10.7. The summed E-state index contributed by atoms with van der Waals surface area (Å²) in [5, 5.41) is 2.85. The fourth-order valence-electron chi connectivity index (χ4n) is 3.53. The van der Waals surface area contributed by atoms with Crippen molar-refractivity contribution in [1.29, 1.82) is 0 Å². The summed E-state index contributed by atoms with van der Waals surface area (Å²) < 4.78 is 5.91. The molecule has 0 aliphatic heterocycles. The van der Waals surface area contributed by atoms with Gasteiger partial charge in [0, 0.05) is 13.1 Å². The van der Waals surface area contributed by atoms with Crippen LogP contribution < -0.4 is 10.1 Å². The molecule has 5 nitrogen and oxygen atoms in total. The number of nitrogens with zero attached hydrogens (tertiary/aromatic N) is 1. The Hall–Kier alpha value is -2.82. The van der Waals surface area contributed by atoms with Crippen LogP contribution in [0, 0.1) is 6.92 Å². The number of ether oxygens (including phenoxy) is 1. The Labute approximate surface area is 180 Å². The highest BCUT2D eigenvalue weighted by atomic mass is 16.5. The van der Waals surface area contributed by atoms with Crippen LogP contribution in [0.25, 0.3) is 0 Å². The predicted molar refractivity (Wildman–Crippen MR) is 121 cm³/mol. The van der Waals surface area contributed by atoms with Crippen LogP contribution in [0.2, 0.25) is 0 Å². The maximum Gasteiger partial charge on any atom is 0.261 e. The monoisotopic (exact) mass is 410 g/mol. The SMILES string of the molecule is CCNC(=O)[C@H](CC)N(Cc1cccc(C)c1)C(=O)COc1ccccc1C(C)C. The third-order valence-corrected chi connectivity index (χ3v) is 5.06. The summed E-state index contributed by atoms with van der Waals surface area (Å²) in [5.41, 5.74) is 3.17. The minimum atomic E-state index is -0.540. The van der Waals surface area contributed by atoms with E-state index in [1.54, 1.807) is 4.90 Å². The number of hydrogen-bond donors (Lipinski definition) is 1. The molecule has 162 valence electrons. The van der Waals surface area contributed by atoms with E-state index in [0.717, 1.165) is 16.7 Å². The second-order valence-electron chi connectivity index (χ2n) is 7.81. The van der Waals surface area contributed by atoms with Gasteiger partial charge in [0.25, 0.3) is 5.91 Å². The van der Waals surface area contributed by atoms with Gasteiger partial charge >= 0.3 is 0 Å². The minimum absolute atomic E-state index is 0.106. The van der Waals surface area contributed by atoms with Crippen molar-refractivity contribution >= 4 is 11.8 Å². The average Bonchev–Trinajstić information content (AvgIpc) is 2.72. The predicted octanol–water partition coefficient (Wildman–Crippen LogP) is 4.44. The van der Waals surface area contributed by atoms with Crippen LogP contribution in [0.3, 0.4) is 0 Å². The topological polar surface area (TPSA) is 58.6 Å². The zero-order valence-electron chi connectivity index (χ0n) is 18.8. The Kier molecular flexibility index (Phi) is 8.90. The van der Waals surface area contributed by atoms with Gasteiger partial charge in [-0.3, -0.25) is 9.59 Å². The van der Waals surface area contributed by atoms with Gasteiger partial charge in [0.15, 0.2) is 6.61 Å². The molecular formula is C25H34N2O3. The van der Waals surface area contributed by atoms with E-state index in [4.69, 9.17) is 4.74 Å². The van der Waals surface area contributed by atoms with Crippen molar-refractivity contribution in [3.8, 4) is 5.75 Å². The molecule has 0 bridgehead atoms. The quantitative estimate of drug-likeness (QED) is 0.630. The molecule has 30 heavy (non-hydrogen) atoms. The zero-order valence-corrected chi connectivity index (χ0v) is 18.8. The molecule has 0 unspecified atom stereocenters. The lowest BCUT2D eigenvalue weighted by atomic mass is 10.0. The third-order valence-electron chi connectivity index (χ3n) is 5.06. The number of rotatable bonds is 10. The van der Waals surface area contributed by atoms with Crippen LogP contribution in [-0.2, 0) is 16.1 Å². The molecule has 2 aromatic rings. The first kappa shape index (κ1) is 23.5. The highest BCUT2D eigenvalue weighted by Gasteiger charge is 2.28. The molecule has 2 amide bonds. The van der Waals surface area contributed by atoms with Crippen LogP contribution in [0.5, 0.6) is 5.75 Å². The molecule has 5 heteroatoms. The molecule has 0 aliphatic rings. The van der Waals surface area contributed by atoms with Gasteiger partial charge in [0.1, 0.15) is 11.8 Å². The van der Waals surface area contributed by atoms with E-state index < -0.39 is 6.04 Å². The maximum absolute atomic E-state index is 13.2. The number of nitrogens with one attached hydrogen (secondary N) is 1. The van der Waals surface area contributed by atoms with Crippen LogP contribution in [-0.4, -0.2) is 35.9 Å². The van der Waals surface area contributed by atoms with Gasteiger partial charge in [-0.2, -0.15) is 0 Å². The Morgan fingerprint density at radius 2 is 1.80 bits per heavy atom. The number of benzene rings is 2. The molecule has 2 rings (SSSR count). The summed E-state index contributed by atoms with van der Waals surface area (Å²) in [6.45, 7) is 10.8. The first-order chi connectivity index (χ1) is 14.4. The van der Waals surface area contributed by atoms with Crippen molar-refractivity contribution in [2.24, 2.45) is 0 Å². The van der Waals surface area contributed by atoms with Crippen molar-refractivity contribution in [2.45, 2.75) is 59.5 Å². The normalized spacial score (nSPS) is 11.8. The smallest absolute Gasteiger partial charge is 0.261 e. The lowest BCUT2D eigenvalue weighted by Gasteiger charge is -2.30. The highest BCUT2D eigenvalue weighted by Crippen LogP contribution is 2.26. The van der Waals surface area contributed by atoms with Gasteiger partial charge in [-0.25, -0.2) is 0 Å². The van der Waals surface area contributed by atoms with E-state index >= 15 is 0 Å². The number of para-hydroxylation sites is 1. The van der Waals surface area contributed by atoms with Crippen LogP contribution >= 0.6 is 0 Å². The Morgan fingerprint density at radius 1 is 1.07 bits per heavy atom. The van der Waals surface area contributed by atoms with Crippen molar-refractivity contribution < 1.29 is 14.3 Å². The van der Waals surface area contributed by atoms with E-state index in [1.807, 2.05) is 69.3 Å². The van der Waals surface area contributed by atoms with E-state index in [2.05, 4.69) is 19.2 Å². The number of amides is 2. The van der Waals surface area contributed by atoms with Crippen LogP contribution in [0.15, 0.2) is 48.5 Å². The molecule has 1 N–H and O–H groups in total. The van der Waals surface area contributed by atoms with Gasteiger partial charge in [0.05, 0.1) is 0 Å². The summed E-state index contributed by atoms with van der Waals surface area (Å²) in [7, 11) is 0. The standard InChI is InChI=1S/C25H34N2O3/c1-6-22(25(29)26-7-2)27(16-20-12-10-11-19(5)15-20)24(28)17-30-23-14-9-8-13-21(23)18(3)4/h8-15,18,22H,6-7,16-17H2,1-5H3,(H,26,29)/t22-/m0/s1. The molecule has 0 aromatic heterocycles. The molecule has 0 saturated carbocycles. The van der Waals surface area contributed by atoms with E-state index in [-0.39, 0.29) is 18.4 Å². The van der Waals surface area contributed by atoms with Crippen molar-refractivity contribution in [1.82, 2.24) is 10.2 Å². The number of likely N-dealkylation sites (N-methyl/N-ethyl adjacent to an activating group) is 1. The highest BCUT2D eigenvalue weighted by molar-refractivity contribution is 5.88. The lowest BCUT2D eigenvalue weighted by molar-refractivity contribution is -0.142. The zero-order chi connectivity index (χ0) is 22.1. The fourth-order valence-corrected chi connectivity index (χ4v) is 3.53. The minimum Gasteiger partial charge on any atom is -0.483 e.